The quantitative estimate of drug-likeness (QED) is 0.752. The Balaban J connectivity index is 2.19. The van der Waals surface area contributed by atoms with Crippen LogP contribution in [0.3, 0.4) is 0 Å². The first-order valence-electron chi connectivity index (χ1n) is 5.36. The van der Waals surface area contributed by atoms with Crippen LogP contribution in [0.1, 0.15) is 26.3 Å². The van der Waals surface area contributed by atoms with E-state index in [1.807, 2.05) is 24.7 Å². The molecule has 0 radical (unpaired) electrons. The number of rotatable bonds is 2. The molecule has 1 aliphatic rings. The summed E-state index contributed by atoms with van der Waals surface area (Å²) in [6.07, 6.45) is 3.85. The van der Waals surface area contributed by atoms with Gasteiger partial charge in [0, 0.05) is 25.2 Å². The van der Waals surface area contributed by atoms with Crippen molar-refractivity contribution in [2.45, 2.75) is 26.3 Å². The Morgan fingerprint density at radius 2 is 2.38 bits per heavy atom. The Hall–Kier alpha value is -1.83. The normalized spacial score (nSPS) is 20.5. The van der Waals surface area contributed by atoms with Crippen molar-refractivity contribution in [3.05, 3.63) is 12.4 Å². The van der Waals surface area contributed by atoms with Crippen LogP contribution in [0.2, 0.25) is 0 Å². The molecular weight excluding hydrogens is 204 g/mol. The highest BCUT2D eigenvalue weighted by molar-refractivity contribution is 5.95. The molecule has 1 aliphatic heterocycles. The van der Waals surface area contributed by atoms with Crippen molar-refractivity contribution in [3.8, 4) is 6.07 Å². The van der Waals surface area contributed by atoms with E-state index in [0.29, 0.717) is 13.0 Å². The zero-order valence-electron chi connectivity index (χ0n) is 9.42. The molecule has 5 heteroatoms. The van der Waals surface area contributed by atoms with Crippen LogP contribution in [-0.2, 0) is 4.79 Å². The van der Waals surface area contributed by atoms with Crippen LogP contribution in [0, 0.1) is 17.2 Å². The molecule has 0 saturated carbocycles. The predicted octanol–water partition coefficient (Wildman–Crippen LogP) is 1.34. The SMILES string of the molecule is CC(C)n1cc(N2CC(C#N)CC2=O)cn1. The number of hydrogen-bond donors (Lipinski definition) is 0. The van der Waals surface area contributed by atoms with Crippen LogP contribution >= 0.6 is 0 Å². The van der Waals surface area contributed by atoms with Gasteiger partial charge in [-0.15, -0.1) is 0 Å². The number of hydrogen-bond acceptors (Lipinski definition) is 3. The molecule has 0 aliphatic carbocycles. The summed E-state index contributed by atoms with van der Waals surface area (Å²) in [4.78, 5) is 13.3. The molecule has 0 spiro atoms. The van der Waals surface area contributed by atoms with Crippen molar-refractivity contribution >= 4 is 11.6 Å². The first kappa shape index (κ1) is 10.7. The molecule has 2 rings (SSSR count). The van der Waals surface area contributed by atoms with Gasteiger partial charge >= 0.3 is 0 Å². The third-order valence-corrected chi connectivity index (χ3v) is 2.74. The second kappa shape index (κ2) is 3.97. The van der Waals surface area contributed by atoms with Crippen LogP contribution in [0.5, 0.6) is 0 Å². The molecule has 16 heavy (non-hydrogen) atoms. The van der Waals surface area contributed by atoms with Gasteiger partial charge in [0.15, 0.2) is 0 Å². The fourth-order valence-electron chi connectivity index (χ4n) is 1.79. The molecule has 5 nitrogen and oxygen atoms in total. The molecule has 2 heterocycles. The number of carbonyl (C=O) groups is 1. The van der Waals surface area contributed by atoms with Gasteiger partial charge in [-0.05, 0) is 13.8 Å². The van der Waals surface area contributed by atoms with E-state index in [4.69, 9.17) is 5.26 Å². The van der Waals surface area contributed by atoms with E-state index in [0.717, 1.165) is 5.69 Å². The Bertz CT molecular complexity index is 443. The molecule has 1 aromatic heterocycles. The Morgan fingerprint density at radius 3 is 2.88 bits per heavy atom. The fraction of sp³-hybridized carbons (Fsp3) is 0.545. The largest absolute Gasteiger partial charge is 0.308 e. The van der Waals surface area contributed by atoms with Crippen molar-refractivity contribution in [1.82, 2.24) is 9.78 Å². The van der Waals surface area contributed by atoms with E-state index in [-0.39, 0.29) is 17.9 Å². The maximum absolute atomic E-state index is 11.7. The molecule has 84 valence electrons. The molecular formula is C11H14N4O. The van der Waals surface area contributed by atoms with Crippen LogP contribution in [0.15, 0.2) is 12.4 Å². The molecule has 1 saturated heterocycles. The first-order chi connectivity index (χ1) is 7.61. The van der Waals surface area contributed by atoms with Gasteiger partial charge in [0.25, 0.3) is 0 Å². The maximum Gasteiger partial charge on any atom is 0.228 e. The Kier molecular flexibility index (Phi) is 2.65. The molecule has 1 unspecified atom stereocenters. The van der Waals surface area contributed by atoms with Crippen LogP contribution in [-0.4, -0.2) is 22.2 Å². The predicted molar refractivity (Wildman–Crippen MR) is 58.7 cm³/mol. The molecule has 0 bridgehead atoms. The van der Waals surface area contributed by atoms with Gasteiger partial charge in [-0.1, -0.05) is 0 Å². The van der Waals surface area contributed by atoms with Gasteiger partial charge in [0.2, 0.25) is 5.91 Å². The summed E-state index contributed by atoms with van der Waals surface area (Å²) in [5.74, 6) is -0.176. The van der Waals surface area contributed by atoms with Gasteiger partial charge in [-0.2, -0.15) is 10.4 Å². The second-order valence-corrected chi connectivity index (χ2v) is 4.31. The van der Waals surface area contributed by atoms with Gasteiger partial charge in [0.05, 0.1) is 23.9 Å². The van der Waals surface area contributed by atoms with E-state index in [1.54, 1.807) is 11.1 Å². The fourth-order valence-corrected chi connectivity index (χ4v) is 1.79. The van der Waals surface area contributed by atoms with Crippen molar-refractivity contribution < 1.29 is 4.79 Å². The minimum atomic E-state index is -0.185. The minimum Gasteiger partial charge on any atom is -0.308 e. The van der Waals surface area contributed by atoms with E-state index >= 15 is 0 Å². The van der Waals surface area contributed by atoms with Crippen molar-refractivity contribution in [2.24, 2.45) is 5.92 Å². The number of amides is 1. The van der Waals surface area contributed by atoms with Crippen molar-refractivity contribution in [3.63, 3.8) is 0 Å². The summed E-state index contributed by atoms with van der Waals surface area (Å²) >= 11 is 0. The Labute approximate surface area is 94.3 Å². The van der Waals surface area contributed by atoms with E-state index < -0.39 is 0 Å². The Morgan fingerprint density at radius 1 is 1.62 bits per heavy atom. The number of nitriles is 1. The molecule has 0 N–H and O–H groups in total. The van der Waals surface area contributed by atoms with Gasteiger partial charge < -0.3 is 4.90 Å². The summed E-state index contributed by atoms with van der Waals surface area (Å²) in [7, 11) is 0. The topological polar surface area (TPSA) is 61.9 Å². The summed E-state index contributed by atoms with van der Waals surface area (Å²) in [6.45, 7) is 4.54. The lowest BCUT2D eigenvalue weighted by atomic mass is 10.1. The highest BCUT2D eigenvalue weighted by Crippen LogP contribution is 2.24. The highest BCUT2D eigenvalue weighted by Gasteiger charge is 2.31. The molecule has 1 fully saturated rings. The minimum absolute atomic E-state index is 0.00913. The maximum atomic E-state index is 11.7. The first-order valence-corrected chi connectivity index (χ1v) is 5.36. The van der Waals surface area contributed by atoms with E-state index in [9.17, 15) is 4.79 Å². The van der Waals surface area contributed by atoms with Crippen molar-refractivity contribution in [2.75, 3.05) is 11.4 Å². The van der Waals surface area contributed by atoms with Crippen LogP contribution in [0.25, 0.3) is 0 Å². The number of aromatic nitrogens is 2. The summed E-state index contributed by atoms with van der Waals surface area (Å²) in [5, 5.41) is 13.0. The third kappa shape index (κ3) is 1.78. The smallest absolute Gasteiger partial charge is 0.228 e. The monoisotopic (exact) mass is 218 g/mol. The average Bonchev–Trinajstić information content (AvgIpc) is 2.83. The zero-order valence-corrected chi connectivity index (χ0v) is 9.42. The summed E-state index contributed by atoms with van der Waals surface area (Å²) in [5.41, 5.74) is 0.788. The van der Waals surface area contributed by atoms with Crippen molar-refractivity contribution in [1.29, 1.82) is 5.26 Å². The van der Waals surface area contributed by atoms with E-state index in [1.165, 1.54) is 0 Å². The third-order valence-electron chi connectivity index (χ3n) is 2.74. The lowest BCUT2D eigenvalue weighted by Crippen LogP contribution is -2.23. The van der Waals surface area contributed by atoms with Gasteiger partial charge in [-0.3, -0.25) is 9.48 Å². The average molecular weight is 218 g/mol. The van der Waals surface area contributed by atoms with Gasteiger partial charge in [-0.25, -0.2) is 0 Å². The standard InChI is InChI=1S/C11H14N4O/c1-8(2)15-7-10(5-13-15)14-6-9(4-12)3-11(14)16/h5,7-9H,3,6H2,1-2H3. The zero-order chi connectivity index (χ0) is 11.7. The van der Waals surface area contributed by atoms with Gasteiger partial charge in [0.1, 0.15) is 0 Å². The number of nitrogens with zero attached hydrogens (tertiary/aromatic N) is 4. The second-order valence-electron chi connectivity index (χ2n) is 4.31. The summed E-state index contributed by atoms with van der Waals surface area (Å²) in [6, 6.07) is 2.41. The summed E-state index contributed by atoms with van der Waals surface area (Å²) < 4.78 is 1.81. The molecule has 1 amide bonds. The van der Waals surface area contributed by atoms with Crippen LogP contribution in [0.4, 0.5) is 5.69 Å². The molecule has 1 aromatic rings. The van der Waals surface area contributed by atoms with E-state index in [2.05, 4.69) is 11.2 Å². The lowest BCUT2D eigenvalue weighted by Gasteiger charge is -2.12. The number of carbonyl (C=O) groups excluding carboxylic acids is 1. The van der Waals surface area contributed by atoms with Crippen LogP contribution < -0.4 is 4.90 Å². The number of anilines is 1. The molecule has 1 atom stereocenters. The lowest BCUT2D eigenvalue weighted by molar-refractivity contribution is -0.117. The molecule has 0 aromatic carbocycles. The highest BCUT2D eigenvalue weighted by atomic mass is 16.2.